The van der Waals surface area contributed by atoms with Gasteiger partial charge >= 0.3 is 0 Å². The molecule has 1 aromatic carbocycles. The molecule has 0 aliphatic carbocycles. The minimum Gasteiger partial charge on any atom is -0.324 e. The standard InChI is InChI=1S/C18H23ClFN3O/c1-11(2)10-23-13(4)14(12(3)22-23)8-9-17(24)21-16-7-5-6-15(19)18(16)20/h5-7,11H,8-10H2,1-4H3,(H,21,24). The van der Waals surface area contributed by atoms with E-state index in [1.165, 1.54) is 12.1 Å². The van der Waals surface area contributed by atoms with Crippen LogP contribution in [0.25, 0.3) is 0 Å². The van der Waals surface area contributed by atoms with Crippen LogP contribution in [0, 0.1) is 25.6 Å². The zero-order chi connectivity index (χ0) is 17.9. The van der Waals surface area contributed by atoms with Crippen LogP contribution >= 0.6 is 11.6 Å². The highest BCUT2D eigenvalue weighted by Gasteiger charge is 2.15. The number of benzene rings is 1. The van der Waals surface area contributed by atoms with Crippen molar-refractivity contribution in [2.24, 2.45) is 5.92 Å². The summed E-state index contributed by atoms with van der Waals surface area (Å²) in [6, 6.07) is 4.55. The maximum atomic E-state index is 13.8. The number of carbonyl (C=O) groups is 1. The van der Waals surface area contributed by atoms with Crippen LogP contribution in [0.2, 0.25) is 5.02 Å². The third-order valence-electron chi connectivity index (χ3n) is 3.90. The largest absolute Gasteiger partial charge is 0.324 e. The van der Waals surface area contributed by atoms with E-state index < -0.39 is 5.82 Å². The smallest absolute Gasteiger partial charge is 0.224 e. The highest BCUT2D eigenvalue weighted by atomic mass is 35.5. The lowest BCUT2D eigenvalue weighted by atomic mass is 10.1. The lowest BCUT2D eigenvalue weighted by Gasteiger charge is -2.09. The summed E-state index contributed by atoms with van der Waals surface area (Å²) in [6.07, 6.45) is 0.838. The van der Waals surface area contributed by atoms with Crippen LogP contribution in [0.3, 0.4) is 0 Å². The molecule has 4 nitrogen and oxygen atoms in total. The van der Waals surface area contributed by atoms with E-state index in [9.17, 15) is 9.18 Å². The van der Waals surface area contributed by atoms with E-state index in [1.807, 2.05) is 18.5 Å². The van der Waals surface area contributed by atoms with Crippen molar-refractivity contribution in [2.45, 2.75) is 47.1 Å². The lowest BCUT2D eigenvalue weighted by molar-refractivity contribution is -0.116. The van der Waals surface area contributed by atoms with E-state index in [-0.39, 0.29) is 23.0 Å². The molecule has 0 saturated carbocycles. The van der Waals surface area contributed by atoms with Crippen LogP contribution in [0.1, 0.15) is 37.2 Å². The van der Waals surface area contributed by atoms with E-state index in [4.69, 9.17) is 11.6 Å². The third kappa shape index (κ3) is 4.35. The molecular formula is C18H23ClFN3O. The molecule has 2 aromatic rings. The summed E-state index contributed by atoms with van der Waals surface area (Å²) in [7, 11) is 0. The minimum absolute atomic E-state index is 0.00514. The molecule has 0 saturated heterocycles. The number of aromatic nitrogens is 2. The summed E-state index contributed by atoms with van der Waals surface area (Å²) < 4.78 is 15.8. The first-order valence-corrected chi connectivity index (χ1v) is 8.44. The van der Waals surface area contributed by atoms with Crippen LogP contribution in [-0.4, -0.2) is 15.7 Å². The summed E-state index contributed by atoms with van der Waals surface area (Å²) in [6.45, 7) is 9.11. The van der Waals surface area contributed by atoms with Crippen molar-refractivity contribution in [3.05, 3.63) is 46.0 Å². The molecule has 2 rings (SSSR count). The SMILES string of the molecule is Cc1nn(CC(C)C)c(C)c1CCC(=O)Nc1cccc(Cl)c1F. The minimum atomic E-state index is -0.607. The molecule has 0 aliphatic heterocycles. The Morgan fingerprint density at radius 1 is 1.38 bits per heavy atom. The normalized spacial score (nSPS) is 11.1. The topological polar surface area (TPSA) is 46.9 Å². The van der Waals surface area contributed by atoms with E-state index in [2.05, 4.69) is 24.3 Å². The second-order valence-corrected chi connectivity index (χ2v) is 6.78. The van der Waals surface area contributed by atoms with Gasteiger partial charge in [0.25, 0.3) is 0 Å². The molecule has 0 bridgehead atoms. The molecule has 1 heterocycles. The molecule has 0 aliphatic rings. The number of hydrogen-bond donors (Lipinski definition) is 1. The van der Waals surface area contributed by atoms with Crippen molar-refractivity contribution >= 4 is 23.2 Å². The van der Waals surface area contributed by atoms with Gasteiger partial charge in [-0.2, -0.15) is 5.10 Å². The molecule has 24 heavy (non-hydrogen) atoms. The fourth-order valence-electron chi connectivity index (χ4n) is 2.67. The first-order valence-electron chi connectivity index (χ1n) is 8.06. The number of nitrogens with zero attached hydrogens (tertiary/aromatic N) is 2. The summed E-state index contributed by atoms with van der Waals surface area (Å²) in [5.74, 6) is -0.346. The Labute approximate surface area is 147 Å². The van der Waals surface area contributed by atoms with Gasteiger partial charge in [-0.25, -0.2) is 4.39 Å². The first kappa shape index (κ1) is 18.5. The van der Waals surface area contributed by atoms with Crippen LogP contribution in [0.4, 0.5) is 10.1 Å². The van der Waals surface area contributed by atoms with Crippen molar-refractivity contribution in [1.29, 1.82) is 0 Å². The van der Waals surface area contributed by atoms with Crippen LogP contribution in [0.15, 0.2) is 18.2 Å². The maximum absolute atomic E-state index is 13.8. The number of halogens is 2. The summed E-state index contributed by atoms with van der Waals surface area (Å²) in [5.41, 5.74) is 3.21. The van der Waals surface area contributed by atoms with Gasteiger partial charge in [0.15, 0.2) is 5.82 Å². The lowest BCUT2D eigenvalue weighted by Crippen LogP contribution is -2.14. The van der Waals surface area contributed by atoms with Crippen LogP contribution < -0.4 is 5.32 Å². The number of amides is 1. The summed E-state index contributed by atoms with van der Waals surface area (Å²) in [5, 5.41) is 7.11. The van der Waals surface area contributed by atoms with Crippen molar-refractivity contribution in [2.75, 3.05) is 5.32 Å². The predicted molar refractivity (Wildman–Crippen MR) is 94.9 cm³/mol. The summed E-state index contributed by atoms with van der Waals surface area (Å²) in [4.78, 5) is 12.1. The molecule has 6 heteroatoms. The Balaban J connectivity index is 2.02. The van der Waals surface area contributed by atoms with E-state index in [1.54, 1.807) is 6.07 Å². The number of hydrogen-bond acceptors (Lipinski definition) is 2. The fourth-order valence-corrected chi connectivity index (χ4v) is 2.85. The quantitative estimate of drug-likeness (QED) is 0.831. The van der Waals surface area contributed by atoms with E-state index in [0.717, 1.165) is 23.5 Å². The molecule has 0 fully saturated rings. The molecule has 0 unspecified atom stereocenters. The zero-order valence-electron chi connectivity index (χ0n) is 14.5. The van der Waals surface area contributed by atoms with Gasteiger partial charge in [0.2, 0.25) is 5.91 Å². The Kier molecular flexibility index (Phi) is 5.99. The Bertz CT molecular complexity index is 740. The number of nitrogens with one attached hydrogen (secondary N) is 1. The van der Waals surface area contributed by atoms with Crippen LogP contribution in [0.5, 0.6) is 0 Å². The highest BCUT2D eigenvalue weighted by molar-refractivity contribution is 6.31. The van der Waals surface area contributed by atoms with E-state index in [0.29, 0.717) is 12.3 Å². The average molecular weight is 352 g/mol. The van der Waals surface area contributed by atoms with Gasteiger partial charge in [0.05, 0.1) is 16.4 Å². The molecule has 1 amide bonds. The summed E-state index contributed by atoms with van der Waals surface area (Å²) >= 11 is 5.72. The molecule has 0 atom stereocenters. The van der Waals surface area contributed by atoms with Gasteiger partial charge in [0, 0.05) is 18.7 Å². The molecule has 1 aromatic heterocycles. The van der Waals surface area contributed by atoms with Gasteiger partial charge in [0.1, 0.15) is 0 Å². The first-order chi connectivity index (χ1) is 11.3. The third-order valence-corrected chi connectivity index (χ3v) is 4.19. The Morgan fingerprint density at radius 2 is 2.08 bits per heavy atom. The molecular weight excluding hydrogens is 329 g/mol. The Morgan fingerprint density at radius 3 is 2.75 bits per heavy atom. The fraction of sp³-hybridized carbons (Fsp3) is 0.444. The van der Waals surface area contributed by atoms with Crippen molar-refractivity contribution in [3.63, 3.8) is 0 Å². The molecule has 0 radical (unpaired) electrons. The van der Waals surface area contributed by atoms with Gasteiger partial charge in [-0.3, -0.25) is 9.48 Å². The number of rotatable bonds is 6. The van der Waals surface area contributed by atoms with Crippen LogP contribution in [-0.2, 0) is 17.8 Å². The second-order valence-electron chi connectivity index (χ2n) is 6.37. The molecule has 1 N–H and O–H groups in total. The molecule has 130 valence electrons. The maximum Gasteiger partial charge on any atom is 0.224 e. The van der Waals surface area contributed by atoms with Gasteiger partial charge in [-0.1, -0.05) is 31.5 Å². The zero-order valence-corrected chi connectivity index (χ0v) is 15.2. The highest BCUT2D eigenvalue weighted by Crippen LogP contribution is 2.22. The number of carbonyl (C=O) groups excluding carboxylic acids is 1. The van der Waals surface area contributed by atoms with Crippen molar-refractivity contribution < 1.29 is 9.18 Å². The van der Waals surface area contributed by atoms with Gasteiger partial charge in [-0.15, -0.1) is 0 Å². The number of anilines is 1. The van der Waals surface area contributed by atoms with Crippen molar-refractivity contribution in [3.8, 4) is 0 Å². The predicted octanol–water partition coefficient (Wildman–Crippen LogP) is 4.52. The average Bonchev–Trinajstić information content (AvgIpc) is 2.75. The molecule has 0 spiro atoms. The monoisotopic (exact) mass is 351 g/mol. The van der Waals surface area contributed by atoms with Gasteiger partial charge < -0.3 is 5.32 Å². The Hall–Kier alpha value is -1.88. The van der Waals surface area contributed by atoms with Crippen molar-refractivity contribution in [1.82, 2.24) is 9.78 Å². The second kappa shape index (κ2) is 7.79. The van der Waals surface area contributed by atoms with Gasteiger partial charge in [-0.05, 0) is 43.9 Å². The van der Waals surface area contributed by atoms with E-state index >= 15 is 0 Å². The number of aryl methyl sites for hydroxylation is 1.